The van der Waals surface area contributed by atoms with Gasteiger partial charge >= 0.3 is 5.97 Å². The number of carbonyl (C=O) groups is 1. The van der Waals surface area contributed by atoms with Crippen LogP contribution in [0.5, 0.6) is 0 Å². The van der Waals surface area contributed by atoms with Crippen LogP contribution in [0.25, 0.3) is 0 Å². The molecule has 0 aromatic heterocycles. The van der Waals surface area contributed by atoms with Crippen molar-refractivity contribution in [3.8, 4) is 0 Å². The van der Waals surface area contributed by atoms with E-state index in [9.17, 15) is 4.79 Å². The number of hydrogen-bond donors (Lipinski definition) is 1. The molecule has 0 radical (unpaired) electrons. The van der Waals surface area contributed by atoms with E-state index in [2.05, 4.69) is 22.6 Å². The zero-order chi connectivity index (χ0) is 13.1. The van der Waals surface area contributed by atoms with Crippen LogP contribution in [0.3, 0.4) is 0 Å². The Balaban J connectivity index is 0.00000289. The van der Waals surface area contributed by atoms with Gasteiger partial charge in [-0.15, -0.1) is 12.4 Å². The van der Waals surface area contributed by atoms with Crippen molar-refractivity contribution in [3.05, 3.63) is 33.4 Å². The predicted molar refractivity (Wildman–Crippen MR) is 83.9 cm³/mol. The topological polar surface area (TPSA) is 52.3 Å². The van der Waals surface area contributed by atoms with Crippen LogP contribution in [-0.4, -0.2) is 17.6 Å². The smallest absolute Gasteiger partial charge is 0.323 e. The first-order chi connectivity index (χ1) is 7.78. The Morgan fingerprint density at radius 1 is 1.33 bits per heavy atom. The van der Waals surface area contributed by atoms with E-state index in [0.717, 1.165) is 9.13 Å². The largest absolute Gasteiger partial charge is 0.459 e. The third-order valence-corrected chi connectivity index (χ3v) is 2.80. The highest BCUT2D eigenvalue weighted by Crippen LogP contribution is 2.11. The third kappa shape index (κ3) is 6.56. The molecule has 1 aromatic carbocycles. The van der Waals surface area contributed by atoms with Crippen LogP contribution in [0.2, 0.25) is 0 Å². The van der Waals surface area contributed by atoms with Gasteiger partial charge in [0.1, 0.15) is 11.6 Å². The molecule has 0 bridgehead atoms. The summed E-state index contributed by atoms with van der Waals surface area (Å²) >= 11 is 2.24. The summed E-state index contributed by atoms with van der Waals surface area (Å²) in [6, 6.07) is 7.35. The second kappa shape index (κ2) is 7.31. The third-order valence-electron chi connectivity index (χ3n) is 2.08. The van der Waals surface area contributed by atoms with Gasteiger partial charge in [-0.25, -0.2) is 0 Å². The van der Waals surface area contributed by atoms with Crippen LogP contribution >= 0.6 is 35.0 Å². The highest BCUT2D eigenvalue weighted by Gasteiger charge is 2.22. The molecule has 102 valence electrons. The Hall–Kier alpha value is -0.330. The molecule has 3 nitrogen and oxygen atoms in total. The summed E-state index contributed by atoms with van der Waals surface area (Å²) in [6.07, 6.45) is 0.506. The van der Waals surface area contributed by atoms with E-state index in [0.29, 0.717) is 6.42 Å². The van der Waals surface area contributed by atoms with Crippen LogP contribution < -0.4 is 5.73 Å². The summed E-state index contributed by atoms with van der Waals surface area (Å²) < 4.78 is 6.39. The van der Waals surface area contributed by atoms with E-state index in [-0.39, 0.29) is 18.4 Å². The number of halogens is 2. The lowest BCUT2D eigenvalue weighted by molar-refractivity contribution is -0.156. The zero-order valence-corrected chi connectivity index (χ0v) is 13.7. The molecule has 0 aliphatic rings. The maximum Gasteiger partial charge on any atom is 0.323 e. The van der Waals surface area contributed by atoms with Crippen LogP contribution in [0, 0.1) is 3.57 Å². The minimum atomic E-state index is -0.603. The lowest BCUT2D eigenvalue weighted by atomic mass is 10.1. The fourth-order valence-electron chi connectivity index (χ4n) is 1.34. The highest BCUT2D eigenvalue weighted by molar-refractivity contribution is 14.1. The van der Waals surface area contributed by atoms with Crippen LogP contribution in [0.4, 0.5) is 0 Å². The first-order valence-corrected chi connectivity index (χ1v) is 6.59. The fraction of sp³-hybridized carbons (Fsp3) is 0.462. The molecule has 1 rings (SSSR count). The molecule has 0 saturated heterocycles. The Labute approximate surface area is 128 Å². The Bertz CT molecular complexity index is 387. The summed E-state index contributed by atoms with van der Waals surface area (Å²) in [5.41, 5.74) is 6.38. The van der Waals surface area contributed by atoms with E-state index in [1.165, 1.54) is 0 Å². The Morgan fingerprint density at radius 3 is 2.28 bits per heavy atom. The number of hydrogen-bond acceptors (Lipinski definition) is 3. The summed E-state index contributed by atoms with van der Waals surface area (Å²) in [6.45, 7) is 5.51. The average molecular weight is 384 g/mol. The predicted octanol–water partition coefficient (Wildman–Crippen LogP) is 2.92. The molecule has 0 heterocycles. The summed E-state index contributed by atoms with van der Waals surface area (Å²) in [5, 5.41) is 0. The monoisotopic (exact) mass is 383 g/mol. The molecule has 0 saturated carbocycles. The van der Waals surface area contributed by atoms with Crippen molar-refractivity contribution in [2.45, 2.75) is 38.8 Å². The molecule has 18 heavy (non-hydrogen) atoms. The number of ether oxygens (including phenoxy) is 1. The zero-order valence-electron chi connectivity index (χ0n) is 10.8. The standard InChI is InChI=1S/C13H18INO2.ClH/c1-13(2,3)17-12(16)11(15)8-9-4-6-10(14)7-5-9;/h4-7,11H,8,15H2,1-3H3;1H/t11-;/m0./s1. The molecule has 1 aromatic rings. The SMILES string of the molecule is CC(C)(C)OC(=O)[C@@H](N)Cc1ccc(I)cc1.Cl. The number of carbonyl (C=O) groups excluding carboxylic acids is 1. The summed E-state index contributed by atoms with van der Waals surface area (Å²) in [4.78, 5) is 11.7. The minimum absolute atomic E-state index is 0. The van der Waals surface area contributed by atoms with E-state index >= 15 is 0 Å². The molecule has 2 N–H and O–H groups in total. The van der Waals surface area contributed by atoms with E-state index < -0.39 is 11.6 Å². The van der Waals surface area contributed by atoms with Gasteiger partial charge in [-0.1, -0.05) is 12.1 Å². The van der Waals surface area contributed by atoms with Crippen molar-refractivity contribution in [2.75, 3.05) is 0 Å². The molecule has 0 unspecified atom stereocenters. The lowest BCUT2D eigenvalue weighted by Crippen LogP contribution is -2.38. The fourth-order valence-corrected chi connectivity index (χ4v) is 1.69. The average Bonchev–Trinajstić information content (AvgIpc) is 2.19. The number of esters is 1. The Kier molecular flexibility index (Phi) is 7.17. The van der Waals surface area contributed by atoms with Crippen molar-refractivity contribution in [1.29, 1.82) is 0 Å². The Morgan fingerprint density at radius 2 is 1.83 bits per heavy atom. The molecule has 0 amide bonds. The first kappa shape index (κ1) is 17.7. The number of nitrogens with two attached hydrogens (primary N) is 1. The second-order valence-electron chi connectivity index (χ2n) is 4.97. The molecule has 0 aliphatic carbocycles. The minimum Gasteiger partial charge on any atom is -0.459 e. The van der Waals surface area contributed by atoms with Gasteiger partial charge in [-0.05, 0) is 67.5 Å². The summed E-state index contributed by atoms with van der Waals surface area (Å²) in [5.74, 6) is -0.351. The molecule has 1 atom stereocenters. The lowest BCUT2D eigenvalue weighted by Gasteiger charge is -2.22. The van der Waals surface area contributed by atoms with Crippen molar-refractivity contribution < 1.29 is 9.53 Å². The van der Waals surface area contributed by atoms with Crippen LogP contribution in [0.15, 0.2) is 24.3 Å². The molecule has 5 heteroatoms. The molecule has 0 spiro atoms. The molecule has 0 aliphatic heterocycles. The van der Waals surface area contributed by atoms with Gasteiger partial charge in [-0.2, -0.15) is 0 Å². The van der Waals surface area contributed by atoms with Gasteiger partial charge in [0.15, 0.2) is 0 Å². The van der Waals surface area contributed by atoms with Gasteiger partial charge < -0.3 is 10.5 Å². The molecular formula is C13H19ClINO2. The van der Waals surface area contributed by atoms with Gasteiger partial charge in [0.25, 0.3) is 0 Å². The van der Waals surface area contributed by atoms with Crippen molar-refractivity contribution >= 4 is 41.0 Å². The van der Waals surface area contributed by atoms with Crippen molar-refractivity contribution in [1.82, 2.24) is 0 Å². The molecular weight excluding hydrogens is 365 g/mol. The maximum atomic E-state index is 11.7. The van der Waals surface area contributed by atoms with E-state index in [4.69, 9.17) is 10.5 Å². The van der Waals surface area contributed by atoms with Gasteiger partial charge in [-0.3, -0.25) is 4.79 Å². The van der Waals surface area contributed by atoms with Gasteiger partial charge in [0.2, 0.25) is 0 Å². The number of benzene rings is 1. The van der Waals surface area contributed by atoms with Crippen molar-refractivity contribution in [3.63, 3.8) is 0 Å². The quantitative estimate of drug-likeness (QED) is 0.645. The first-order valence-electron chi connectivity index (χ1n) is 5.51. The van der Waals surface area contributed by atoms with E-state index in [1.54, 1.807) is 0 Å². The van der Waals surface area contributed by atoms with Gasteiger partial charge in [0, 0.05) is 3.57 Å². The molecule has 0 fully saturated rings. The normalized spacial score (nSPS) is 12.5. The van der Waals surface area contributed by atoms with Crippen LogP contribution in [-0.2, 0) is 16.0 Å². The number of rotatable bonds is 3. The van der Waals surface area contributed by atoms with Crippen molar-refractivity contribution in [2.24, 2.45) is 5.73 Å². The second-order valence-corrected chi connectivity index (χ2v) is 6.22. The maximum absolute atomic E-state index is 11.7. The highest BCUT2D eigenvalue weighted by atomic mass is 127. The summed E-state index contributed by atoms with van der Waals surface area (Å²) in [7, 11) is 0. The van der Waals surface area contributed by atoms with E-state index in [1.807, 2.05) is 45.0 Å². The van der Waals surface area contributed by atoms with Gasteiger partial charge in [0.05, 0.1) is 0 Å². The van der Waals surface area contributed by atoms with Crippen LogP contribution in [0.1, 0.15) is 26.3 Å².